The van der Waals surface area contributed by atoms with Gasteiger partial charge in [-0.05, 0) is 69.5 Å². The molecule has 1 aromatic carbocycles. The first kappa shape index (κ1) is 20.7. The fourth-order valence-electron chi connectivity index (χ4n) is 4.82. The number of aliphatic hydroxyl groups is 1. The van der Waals surface area contributed by atoms with Crippen molar-refractivity contribution in [2.24, 2.45) is 0 Å². The van der Waals surface area contributed by atoms with Gasteiger partial charge in [-0.15, -0.1) is 0 Å². The molecule has 3 aliphatic heterocycles. The van der Waals surface area contributed by atoms with E-state index in [0.717, 1.165) is 42.8 Å². The van der Waals surface area contributed by atoms with E-state index in [9.17, 15) is 14.3 Å². The highest BCUT2D eigenvalue weighted by atomic mass is 19.1. The predicted molar refractivity (Wildman–Crippen MR) is 121 cm³/mol. The molecule has 7 heteroatoms. The second-order valence-corrected chi connectivity index (χ2v) is 8.98. The van der Waals surface area contributed by atoms with E-state index in [4.69, 9.17) is 4.74 Å². The average Bonchev–Trinajstić information content (AvgIpc) is 3.27. The maximum atomic E-state index is 13.6. The number of anilines is 2. The number of benzene rings is 1. The van der Waals surface area contributed by atoms with E-state index in [1.807, 2.05) is 38.3 Å². The Hall–Kier alpha value is -3.19. The normalized spacial score (nSPS) is 24.1. The summed E-state index contributed by atoms with van der Waals surface area (Å²) in [7, 11) is 0. The number of nitrogens with one attached hydrogen (secondary N) is 1. The molecule has 2 N–H and O–H groups in total. The van der Waals surface area contributed by atoms with Gasteiger partial charge in [-0.3, -0.25) is 4.79 Å². The lowest BCUT2D eigenvalue weighted by molar-refractivity contribution is -0.111. The highest BCUT2D eigenvalue weighted by molar-refractivity contribution is 6.32. The number of halogens is 1. The van der Waals surface area contributed by atoms with E-state index in [1.54, 1.807) is 6.07 Å². The van der Waals surface area contributed by atoms with Crippen LogP contribution < -0.4 is 10.2 Å². The van der Waals surface area contributed by atoms with Gasteiger partial charge >= 0.3 is 0 Å². The topological polar surface area (TPSA) is 74.7 Å². The van der Waals surface area contributed by atoms with Gasteiger partial charge < -0.3 is 20.1 Å². The number of allylic oxidation sites excluding steroid dienone is 1. The van der Waals surface area contributed by atoms with Crippen LogP contribution >= 0.6 is 0 Å². The zero-order chi connectivity index (χ0) is 22.5. The molecule has 1 saturated heterocycles. The summed E-state index contributed by atoms with van der Waals surface area (Å²) in [6.45, 7) is 4.91. The van der Waals surface area contributed by atoms with Crippen LogP contribution in [0.25, 0.3) is 11.1 Å². The minimum absolute atomic E-state index is 0.106. The van der Waals surface area contributed by atoms with Crippen molar-refractivity contribution < 1.29 is 19.0 Å². The maximum absolute atomic E-state index is 13.6. The molecule has 1 unspecified atom stereocenters. The number of rotatable bonds is 3. The van der Waals surface area contributed by atoms with Crippen molar-refractivity contribution in [3.05, 3.63) is 65.3 Å². The molecule has 3 aliphatic rings. The lowest BCUT2D eigenvalue weighted by Crippen LogP contribution is -2.42. The van der Waals surface area contributed by atoms with Crippen molar-refractivity contribution in [2.75, 3.05) is 23.4 Å². The van der Waals surface area contributed by atoms with Crippen molar-refractivity contribution in [3.63, 3.8) is 0 Å². The van der Waals surface area contributed by atoms with Crippen molar-refractivity contribution in [3.8, 4) is 0 Å². The molecule has 0 saturated carbocycles. The van der Waals surface area contributed by atoms with Crippen LogP contribution in [0.5, 0.6) is 0 Å². The average molecular weight is 435 g/mol. The fourth-order valence-corrected chi connectivity index (χ4v) is 4.82. The van der Waals surface area contributed by atoms with Crippen LogP contribution in [0.15, 0.2) is 48.4 Å². The number of hydrogen-bond acceptors (Lipinski definition) is 5. The smallest absolute Gasteiger partial charge is 0.260 e. The third-order valence-corrected chi connectivity index (χ3v) is 6.45. The molecule has 166 valence electrons. The van der Waals surface area contributed by atoms with Crippen LogP contribution in [0, 0.1) is 5.82 Å². The third kappa shape index (κ3) is 3.46. The quantitative estimate of drug-likeness (QED) is 0.710. The first-order valence-corrected chi connectivity index (χ1v) is 11.0. The Labute approximate surface area is 186 Å². The Morgan fingerprint density at radius 1 is 1.28 bits per heavy atom. The zero-order valence-corrected chi connectivity index (χ0v) is 18.2. The van der Waals surface area contributed by atoms with Gasteiger partial charge in [0.05, 0.1) is 23.9 Å². The molecule has 32 heavy (non-hydrogen) atoms. The second kappa shape index (κ2) is 7.74. The summed E-state index contributed by atoms with van der Waals surface area (Å²) < 4.78 is 19.8. The monoisotopic (exact) mass is 435 g/mol. The minimum atomic E-state index is -0.659. The van der Waals surface area contributed by atoms with Crippen molar-refractivity contribution in [1.82, 2.24) is 4.98 Å². The first-order valence-electron chi connectivity index (χ1n) is 11.0. The third-order valence-electron chi connectivity index (χ3n) is 6.45. The summed E-state index contributed by atoms with van der Waals surface area (Å²) in [6, 6.07) is 8.34. The number of piperidine rings is 1. The van der Waals surface area contributed by atoms with Crippen LogP contribution in [0.3, 0.4) is 0 Å². The van der Waals surface area contributed by atoms with E-state index in [2.05, 4.69) is 15.2 Å². The van der Waals surface area contributed by atoms with Gasteiger partial charge in [0.25, 0.3) is 5.91 Å². The Morgan fingerprint density at radius 3 is 2.88 bits per heavy atom. The molecule has 1 atom stereocenters. The lowest BCUT2D eigenvalue weighted by Gasteiger charge is -2.35. The van der Waals surface area contributed by atoms with Gasteiger partial charge in [0, 0.05) is 29.4 Å². The Kier molecular flexibility index (Phi) is 5.01. The summed E-state index contributed by atoms with van der Waals surface area (Å²) in [4.78, 5) is 19.5. The number of ether oxygens (including phenoxy) is 1. The molecule has 1 fully saturated rings. The van der Waals surface area contributed by atoms with E-state index in [-0.39, 0.29) is 18.6 Å². The number of aliphatic hydroxyl groups excluding tert-OH is 1. The zero-order valence-electron chi connectivity index (χ0n) is 18.2. The number of carbonyl (C=O) groups is 1. The molecule has 1 amide bonds. The highest BCUT2D eigenvalue weighted by Gasteiger charge is 2.38. The number of amides is 1. The van der Waals surface area contributed by atoms with Gasteiger partial charge in [-0.25, -0.2) is 9.37 Å². The summed E-state index contributed by atoms with van der Waals surface area (Å²) in [5.41, 5.74) is 2.66. The molecule has 0 bridgehead atoms. The fraction of sp³-hybridized carbons (Fsp3) is 0.360. The summed E-state index contributed by atoms with van der Waals surface area (Å²) >= 11 is 0. The van der Waals surface area contributed by atoms with Gasteiger partial charge in [0.15, 0.2) is 0 Å². The minimum Gasteiger partial charge on any atom is -0.482 e. The number of nitrogens with zero attached hydrogens (tertiary/aromatic N) is 2. The van der Waals surface area contributed by atoms with E-state index in [1.165, 1.54) is 12.1 Å². The Bertz CT molecular complexity index is 1140. The molecule has 1 aromatic heterocycles. The number of hydrogen-bond donors (Lipinski definition) is 2. The molecule has 0 spiro atoms. The number of fused-ring (bicyclic) bond motifs is 1. The van der Waals surface area contributed by atoms with E-state index in [0.29, 0.717) is 22.6 Å². The summed E-state index contributed by atoms with van der Waals surface area (Å²) in [5.74, 6) is 0.618. The number of pyridine rings is 1. The molecular formula is C25H26FN3O3. The standard InChI is InChI=1S/C25H26FN3O3/c1-25(2)19(15-6-9-22(27-13-15)29-10-4-3-5-17(29)14-30)12-21(32-25)23-18-8-7-16(26)11-20(18)28-24(23)31/h6-9,11-13,17,30H,3-5,10,14H2,1-2H3,(H,28,31). The maximum Gasteiger partial charge on any atom is 0.260 e. The van der Waals surface area contributed by atoms with E-state index < -0.39 is 11.4 Å². The van der Waals surface area contributed by atoms with Crippen LogP contribution in [-0.2, 0) is 9.53 Å². The van der Waals surface area contributed by atoms with Gasteiger partial charge in [0.1, 0.15) is 23.0 Å². The molecule has 4 heterocycles. The van der Waals surface area contributed by atoms with Crippen LogP contribution in [0.1, 0.15) is 44.2 Å². The molecule has 6 nitrogen and oxygen atoms in total. The Balaban J connectivity index is 1.50. The number of aromatic nitrogens is 1. The second-order valence-electron chi connectivity index (χ2n) is 8.98. The van der Waals surface area contributed by atoms with Crippen LogP contribution in [0.2, 0.25) is 0 Å². The van der Waals surface area contributed by atoms with Crippen LogP contribution in [0.4, 0.5) is 15.9 Å². The van der Waals surface area contributed by atoms with Crippen molar-refractivity contribution in [1.29, 1.82) is 0 Å². The SMILES string of the molecule is CC1(C)OC(=C2C(=O)Nc3cc(F)ccc32)C=C1c1ccc(N2CCCCC2CO)nc1. The van der Waals surface area contributed by atoms with Crippen LogP contribution in [-0.4, -0.2) is 40.8 Å². The molecular weight excluding hydrogens is 409 g/mol. The first-order chi connectivity index (χ1) is 15.4. The number of carbonyl (C=O) groups excluding carboxylic acids is 1. The van der Waals surface area contributed by atoms with Gasteiger partial charge in [-0.2, -0.15) is 0 Å². The molecule has 2 aromatic rings. The summed E-state index contributed by atoms with van der Waals surface area (Å²) in [6.07, 6.45) is 6.88. The molecule has 0 aliphatic carbocycles. The van der Waals surface area contributed by atoms with Gasteiger partial charge in [0.2, 0.25) is 0 Å². The summed E-state index contributed by atoms with van der Waals surface area (Å²) in [5, 5.41) is 12.4. The van der Waals surface area contributed by atoms with Crippen molar-refractivity contribution >= 4 is 28.6 Å². The largest absolute Gasteiger partial charge is 0.482 e. The molecule has 5 rings (SSSR count). The Morgan fingerprint density at radius 2 is 2.12 bits per heavy atom. The van der Waals surface area contributed by atoms with Crippen molar-refractivity contribution in [2.45, 2.75) is 44.8 Å². The predicted octanol–water partition coefficient (Wildman–Crippen LogP) is 4.13. The van der Waals surface area contributed by atoms with Gasteiger partial charge in [-0.1, -0.05) is 0 Å². The van der Waals surface area contributed by atoms with E-state index >= 15 is 0 Å². The highest BCUT2D eigenvalue weighted by Crippen LogP contribution is 2.44. The molecule has 0 radical (unpaired) electrons. The lowest BCUT2D eigenvalue weighted by atomic mass is 9.93.